The summed E-state index contributed by atoms with van der Waals surface area (Å²) in [6, 6.07) is 5.04. The zero-order chi connectivity index (χ0) is 17.0. The van der Waals surface area contributed by atoms with E-state index in [1.165, 1.54) is 0 Å². The number of rotatable bonds is 5. The Kier molecular flexibility index (Phi) is 6.33. The van der Waals surface area contributed by atoms with E-state index in [2.05, 4.69) is 10.6 Å². The Morgan fingerprint density at radius 2 is 2.17 bits per heavy atom. The first kappa shape index (κ1) is 18.1. The second-order valence-electron chi connectivity index (χ2n) is 5.93. The lowest BCUT2D eigenvalue weighted by Crippen LogP contribution is -2.47. The van der Waals surface area contributed by atoms with Gasteiger partial charge in [0.05, 0.1) is 18.6 Å². The molecule has 1 aromatic carbocycles. The lowest BCUT2D eigenvalue weighted by Gasteiger charge is -2.26. The predicted molar refractivity (Wildman–Crippen MR) is 93.5 cm³/mol. The van der Waals surface area contributed by atoms with Crippen LogP contribution in [0.15, 0.2) is 23.1 Å². The molecule has 0 radical (unpaired) electrons. The molecule has 0 aromatic heterocycles. The highest BCUT2D eigenvalue weighted by Gasteiger charge is 2.23. The summed E-state index contributed by atoms with van der Waals surface area (Å²) in [5.74, 6) is 0.432. The standard InChI is InChI=1S/C16H22ClN3O2S/c1-9(2)15(18)16(22)19-8-14(21)20-12-5-6-23-13-4-3-10(17)7-11(12)13/h3-4,7,9,12,15H,5-6,8,18H2,1-2H3,(H,19,22)(H,20,21)/t12?,15-/m0/s1. The number of thioether (sulfide) groups is 1. The van der Waals surface area contributed by atoms with Crippen molar-refractivity contribution in [1.29, 1.82) is 0 Å². The number of amides is 2. The van der Waals surface area contributed by atoms with Crippen LogP contribution in [-0.2, 0) is 9.59 Å². The van der Waals surface area contributed by atoms with Gasteiger partial charge in [0.1, 0.15) is 0 Å². The summed E-state index contributed by atoms with van der Waals surface area (Å²) in [5.41, 5.74) is 6.78. The molecule has 126 valence electrons. The lowest BCUT2D eigenvalue weighted by atomic mass is 10.0. The smallest absolute Gasteiger partial charge is 0.239 e. The predicted octanol–water partition coefficient (Wildman–Crippen LogP) is 2.09. The normalized spacial score (nSPS) is 18.2. The van der Waals surface area contributed by atoms with Crippen LogP contribution >= 0.6 is 23.4 Å². The molecule has 0 aliphatic carbocycles. The molecule has 1 unspecified atom stereocenters. The van der Waals surface area contributed by atoms with Crippen LogP contribution in [0.25, 0.3) is 0 Å². The minimum Gasteiger partial charge on any atom is -0.348 e. The van der Waals surface area contributed by atoms with Crippen LogP contribution in [0.5, 0.6) is 0 Å². The van der Waals surface area contributed by atoms with Crippen molar-refractivity contribution < 1.29 is 9.59 Å². The fourth-order valence-electron chi connectivity index (χ4n) is 2.35. The molecule has 0 fully saturated rings. The molecule has 1 aliphatic heterocycles. The molecular weight excluding hydrogens is 334 g/mol. The molecule has 7 heteroatoms. The molecular formula is C16H22ClN3O2S. The van der Waals surface area contributed by atoms with Crippen LogP contribution in [0.3, 0.4) is 0 Å². The second kappa shape index (κ2) is 8.04. The zero-order valence-electron chi connectivity index (χ0n) is 13.3. The first-order chi connectivity index (χ1) is 10.9. The van der Waals surface area contributed by atoms with Crippen molar-refractivity contribution in [3.8, 4) is 0 Å². The molecule has 0 bridgehead atoms. The average Bonchev–Trinajstić information content (AvgIpc) is 2.52. The van der Waals surface area contributed by atoms with Crippen molar-refractivity contribution in [1.82, 2.24) is 10.6 Å². The minimum absolute atomic E-state index is 0.0300. The highest BCUT2D eigenvalue weighted by molar-refractivity contribution is 7.99. The monoisotopic (exact) mass is 355 g/mol. The number of nitrogens with one attached hydrogen (secondary N) is 2. The molecule has 1 heterocycles. The van der Waals surface area contributed by atoms with Gasteiger partial charge >= 0.3 is 0 Å². The Morgan fingerprint density at radius 3 is 2.87 bits per heavy atom. The number of halogens is 1. The number of nitrogens with two attached hydrogens (primary N) is 1. The van der Waals surface area contributed by atoms with E-state index in [1.54, 1.807) is 11.8 Å². The van der Waals surface area contributed by atoms with Gasteiger partial charge < -0.3 is 16.4 Å². The molecule has 1 aliphatic rings. The van der Waals surface area contributed by atoms with Crippen molar-refractivity contribution in [2.45, 2.75) is 37.2 Å². The van der Waals surface area contributed by atoms with Crippen molar-refractivity contribution in [3.05, 3.63) is 28.8 Å². The van der Waals surface area contributed by atoms with Gasteiger partial charge in [-0.1, -0.05) is 25.4 Å². The van der Waals surface area contributed by atoms with E-state index in [1.807, 2.05) is 32.0 Å². The van der Waals surface area contributed by atoms with E-state index in [-0.39, 0.29) is 30.3 Å². The Labute approximate surface area is 145 Å². The molecule has 23 heavy (non-hydrogen) atoms. The van der Waals surface area contributed by atoms with Gasteiger partial charge in [-0.25, -0.2) is 0 Å². The minimum atomic E-state index is -0.603. The summed E-state index contributed by atoms with van der Waals surface area (Å²) in [5, 5.41) is 6.19. The van der Waals surface area contributed by atoms with Gasteiger partial charge in [-0.15, -0.1) is 11.8 Å². The lowest BCUT2D eigenvalue weighted by molar-refractivity contribution is -0.127. The Hall–Kier alpha value is -1.24. The highest BCUT2D eigenvalue weighted by Crippen LogP contribution is 2.37. The van der Waals surface area contributed by atoms with Gasteiger partial charge in [0.2, 0.25) is 11.8 Å². The van der Waals surface area contributed by atoms with E-state index in [0.29, 0.717) is 5.02 Å². The maximum atomic E-state index is 12.1. The SMILES string of the molecule is CC(C)[C@H](N)C(=O)NCC(=O)NC1CCSc2ccc(Cl)cc21. The average molecular weight is 356 g/mol. The summed E-state index contributed by atoms with van der Waals surface area (Å²) in [7, 11) is 0. The van der Waals surface area contributed by atoms with Gasteiger partial charge in [-0.05, 0) is 36.1 Å². The van der Waals surface area contributed by atoms with Gasteiger partial charge in [0, 0.05) is 15.7 Å². The third-order valence-corrected chi connectivity index (χ3v) is 5.15. The topological polar surface area (TPSA) is 84.2 Å². The van der Waals surface area contributed by atoms with E-state index in [9.17, 15) is 9.59 Å². The Balaban J connectivity index is 1.92. The number of hydrogen-bond donors (Lipinski definition) is 3. The largest absolute Gasteiger partial charge is 0.348 e. The first-order valence-electron chi connectivity index (χ1n) is 7.63. The number of carbonyl (C=O) groups excluding carboxylic acids is 2. The summed E-state index contributed by atoms with van der Waals surface area (Å²) in [6.45, 7) is 3.66. The van der Waals surface area contributed by atoms with Crippen molar-refractivity contribution >= 4 is 35.2 Å². The van der Waals surface area contributed by atoms with Crippen LogP contribution in [0.1, 0.15) is 31.9 Å². The molecule has 2 atom stereocenters. The Bertz CT molecular complexity index is 595. The van der Waals surface area contributed by atoms with Crippen LogP contribution in [-0.4, -0.2) is 30.2 Å². The van der Waals surface area contributed by atoms with Crippen LogP contribution < -0.4 is 16.4 Å². The third kappa shape index (κ3) is 4.86. The summed E-state index contributed by atoms with van der Waals surface area (Å²) in [6.07, 6.45) is 0.837. The first-order valence-corrected chi connectivity index (χ1v) is 8.99. The summed E-state index contributed by atoms with van der Waals surface area (Å²) >= 11 is 7.81. The molecule has 0 saturated carbocycles. The number of fused-ring (bicyclic) bond motifs is 1. The van der Waals surface area contributed by atoms with Crippen LogP contribution in [0.2, 0.25) is 5.02 Å². The molecule has 4 N–H and O–H groups in total. The van der Waals surface area contributed by atoms with Gasteiger partial charge in [0.15, 0.2) is 0 Å². The summed E-state index contributed by atoms with van der Waals surface area (Å²) in [4.78, 5) is 25.0. The van der Waals surface area contributed by atoms with Crippen molar-refractivity contribution in [2.75, 3.05) is 12.3 Å². The molecule has 2 amide bonds. The van der Waals surface area contributed by atoms with Crippen LogP contribution in [0, 0.1) is 5.92 Å². The molecule has 5 nitrogen and oxygen atoms in total. The fourth-order valence-corrected chi connectivity index (χ4v) is 3.63. The van der Waals surface area contributed by atoms with Crippen molar-refractivity contribution in [2.24, 2.45) is 11.7 Å². The highest BCUT2D eigenvalue weighted by atomic mass is 35.5. The number of benzene rings is 1. The van der Waals surface area contributed by atoms with Gasteiger partial charge in [0.25, 0.3) is 0 Å². The molecule has 0 spiro atoms. The molecule has 1 aromatic rings. The maximum absolute atomic E-state index is 12.1. The van der Waals surface area contributed by atoms with Crippen LogP contribution in [0.4, 0.5) is 0 Å². The fraction of sp³-hybridized carbons (Fsp3) is 0.500. The maximum Gasteiger partial charge on any atom is 0.239 e. The summed E-state index contributed by atoms with van der Waals surface area (Å²) < 4.78 is 0. The zero-order valence-corrected chi connectivity index (χ0v) is 14.8. The van der Waals surface area contributed by atoms with E-state index in [4.69, 9.17) is 17.3 Å². The van der Waals surface area contributed by atoms with Crippen molar-refractivity contribution in [3.63, 3.8) is 0 Å². The van der Waals surface area contributed by atoms with E-state index >= 15 is 0 Å². The number of hydrogen-bond acceptors (Lipinski definition) is 4. The number of carbonyl (C=O) groups is 2. The molecule has 0 saturated heterocycles. The molecule has 2 rings (SSSR count). The third-order valence-electron chi connectivity index (χ3n) is 3.79. The quantitative estimate of drug-likeness (QED) is 0.755. The van der Waals surface area contributed by atoms with Gasteiger partial charge in [-0.2, -0.15) is 0 Å². The second-order valence-corrected chi connectivity index (χ2v) is 7.50. The van der Waals surface area contributed by atoms with E-state index < -0.39 is 6.04 Å². The van der Waals surface area contributed by atoms with Gasteiger partial charge in [-0.3, -0.25) is 9.59 Å². The van der Waals surface area contributed by atoms with E-state index in [0.717, 1.165) is 22.6 Å². The Morgan fingerprint density at radius 1 is 1.43 bits per heavy atom.